The van der Waals surface area contributed by atoms with Crippen LogP contribution in [0.5, 0.6) is 5.88 Å². The van der Waals surface area contributed by atoms with Gasteiger partial charge in [0, 0.05) is 17.0 Å². The molecule has 4 rings (SSSR count). The maximum atomic E-state index is 13.3. The average Bonchev–Trinajstić information content (AvgIpc) is 3.49. The van der Waals surface area contributed by atoms with Crippen LogP contribution in [0.3, 0.4) is 0 Å². The Morgan fingerprint density at radius 3 is 2.43 bits per heavy atom. The first-order chi connectivity index (χ1) is 14.2. The van der Waals surface area contributed by atoms with Crippen LogP contribution >= 0.6 is 0 Å². The van der Waals surface area contributed by atoms with Crippen LogP contribution < -0.4 is 5.43 Å². The molecule has 1 aliphatic rings. The lowest BCUT2D eigenvalue weighted by Gasteiger charge is -2.10. The standard InChI is InChI=1S/C22H20F3N3O2/c1-12-3-8-16(9-4-12)28-18-11-15(22(23,24)25)7-10-17(18)19(21(28)30)13(2)26-27-20(29)14-5-6-14/h3-4,7-11,14,30H,5-6H2,1-2H3,(H,27,29)/b26-13-. The second kappa shape index (κ2) is 7.19. The van der Waals surface area contributed by atoms with Crippen LogP contribution in [0.1, 0.15) is 36.5 Å². The van der Waals surface area contributed by atoms with Crippen LogP contribution in [0, 0.1) is 12.8 Å². The Morgan fingerprint density at radius 1 is 1.17 bits per heavy atom. The summed E-state index contributed by atoms with van der Waals surface area (Å²) in [5.41, 5.74) is 3.93. The minimum atomic E-state index is -4.52. The van der Waals surface area contributed by atoms with Gasteiger partial charge in [0.15, 0.2) is 0 Å². The highest BCUT2D eigenvalue weighted by molar-refractivity contribution is 6.13. The van der Waals surface area contributed by atoms with Gasteiger partial charge in [0.1, 0.15) is 0 Å². The molecule has 0 saturated heterocycles. The van der Waals surface area contributed by atoms with E-state index in [1.807, 2.05) is 19.1 Å². The molecule has 1 aromatic heterocycles. The van der Waals surface area contributed by atoms with Gasteiger partial charge in [-0.2, -0.15) is 18.3 Å². The lowest BCUT2D eigenvalue weighted by molar-refractivity contribution is -0.137. The molecule has 1 fully saturated rings. The molecule has 0 spiro atoms. The highest BCUT2D eigenvalue weighted by Crippen LogP contribution is 2.38. The van der Waals surface area contributed by atoms with E-state index >= 15 is 0 Å². The van der Waals surface area contributed by atoms with E-state index in [4.69, 9.17) is 0 Å². The van der Waals surface area contributed by atoms with Crippen LogP contribution in [-0.2, 0) is 11.0 Å². The molecule has 5 nitrogen and oxygen atoms in total. The van der Waals surface area contributed by atoms with E-state index < -0.39 is 11.7 Å². The summed E-state index contributed by atoms with van der Waals surface area (Å²) in [6.45, 7) is 3.49. The van der Waals surface area contributed by atoms with Crippen molar-refractivity contribution >= 4 is 22.5 Å². The molecular weight excluding hydrogens is 395 g/mol. The number of fused-ring (bicyclic) bond motifs is 1. The summed E-state index contributed by atoms with van der Waals surface area (Å²) in [4.78, 5) is 11.9. The zero-order valence-corrected chi connectivity index (χ0v) is 16.4. The zero-order chi connectivity index (χ0) is 21.6. The van der Waals surface area contributed by atoms with Crippen LogP contribution in [0.2, 0.25) is 0 Å². The first kappa shape index (κ1) is 20.0. The number of hydrazone groups is 1. The zero-order valence-electron chi connectivity index (χ0n) is 16.4. The van der Waals surface area contributed by atoms with Gasteiger partial charge in [0.05, 0.1) is 22.4 Å². The van der Waals surface area contributed by atoms with E-state index in [2.05, 4.69) is 10.5 Å². The number of nitrogens with zero attached hydrogens (tertiary/aromatic N) is 2. The minimum absolute atomic E-state index is 0.0432. The Morgan fingerprint density at radius 2 is 1.83 bits per heavy atom. The van der Waals surface area contributed by atoms with Crippen molar-refractivity contribution in [3.05, 3.63) is 59.2 Å². The fraction of sp³-hybridized carbons (Fsp3) is 0.273. The van der Waals surface area contributed by atoms with Crippen molar-refractivity contribution in [1.29, 1.82) is 0 Å². The Kier molecular flexibility index (Phi) is 4.80. The molecule has 0 atom stereocenters. The highest BCUT2D eigenvalue weighted by Gasteiger charge is 2.32. The number of hydrogen-bond donors (Lipinski definition) is 2. The predicted molar refractivity (Wildman–Crippen MR) is 108 cm³/mol. The largest absolute Gasteiger partial charge is 0.494 e. The van der Waals surface area contributed by atoms with Crippen LogP contribution in [0.25, 0.3) is 16.6 Å². The van der Waals surface area contributed by atoms with Crippen LogP contribution in [0.4, 0.5) is 13.2 Å². The molecule has 2 aromatic carbocycles. The molecule has 3 aromatic rings. The summed E-state index contributed by atoms with van der Waals surface area (Å²) >= 11 is 0. The number of carbonyl (C=O) groups is 1. The Bertz CT molecular complexity index is 1160. The molecule has 1 heterocycles. The smallest absolute Gasteiger partial charge is 0.416 e. The van der Waals surface area contributed by atoms with Crippen molar-refractivity contribution in [2.45, 2.75) is 32.9 Å². The Hall–Kier alpha value is -3.29. The number of benzene rings is 2. The van der Waals surface area contributed by atoms with Crippen LogP contribution in [-0.4, -0.2) is 21.3 Å². The van der Waals surface area contributed by atoms with Crippen molar-refractivity contribution in [2.24, 2.45) is 11.0 Å². The maximum Gasteiger partial charge on any atom is 0.416 e. The number of hydrogen-bond acceptors (Lipinski definition) is 3. The Balaban J connectivity index is 1.89. The number of alkyl halides is 3. The third kappa shape index (κ3) is 3.65. The second-order valence-electron chi connectivity index (χ2n) is 7.55. The summed E-state index contributed by atoms with van der Waals surface area (Å²) in [7, 11) is 0. The monoisotopic (exact) mass is 415 g/mol. The summed E-state index contributed by atoms with van der Waals surface area (Å²) in [6, 6.07) is 10.4. The lowest BCUT2D eigenvalue weighted by Crippen LogP contribution is -2.20. The van der Waals surface area contributed by atoms with E-state index in [0.29, 0.717) is 16.8 Å². The molecule has 1 amide bonds. The van der Waals surface area contributed by atoms with Crippen LogP contribution in [0.15, 0.2) is 47.6 Å². The van der Waals surface area contributed by atoms with Gasteiger partial charge >= 0.3 is 6.18 Å². The van der Waals surface area contributed by atoms with E-state index in [1.165, 1.54) is 10.6 Å². The predicted octanol–water partition coefficient (Wildman–Crippen LogP) is 4.91. The average molecular weight is 415 g/mol. The fourth-order valence-electron chi connectivity index (χ4n) is 3.39. The van der Waals surface area contributed by atoms with Gasteiger partial charge in [-0.25, -0.2) is 5.43 Å². The number of halogens is 3. The van der Waals surface area contributed by atoms with Crippen molar-refractivity contribution in [2.75, 3.05) is 0 Å². The maximum absolute atomic E-state index is 13.3. The van der Waals surface area contributed by atoms with Crippen molar-refractivity contribution in [3.8, 4) is 11.6 Å². The molecule has 0 aliphatic heterocycles. The fourth-order valence-corrected chi connectivity index (χ4v) is 3.39. The molecule has 1 aliphatic carbocycles. The van der Waals surface area contributed by atoms with Gasteiger partial charge in [0.25, 0.3) is 0 Å². The second-order valence-corrected chi connectivity index (χ2v) is 7.55. The molecule has 2 N–H and O–H groups in total. The molecule has 0 bridgehead atoms. The SMILES string of the molecule is C/C(=N/NC(=O)C1CC1)c1c(O)n(-c2ccc(C)cc2)c2cc(C(F)(F)F)ccc12. The molecule has 8 heteroatoms. The van der Waals surface area contributed by atoms with Gasteiger partial charge < -0.3 is 5.11 Å². The van der Waals surface area contributed by atoms with Gasteiger partial charge in [0.2, 0.25) is 11.8 Å². The number of aromatic hydroxyl groups is 1. The van der Waals surface area contributed by atoms with E-state index in [-0.39, 0.29) is 28.8 Å². The third-order valence-corrected chi connectivity index (χ3v) is 5.21. The first-order valence-corrected chi connectivity index (χ1v) is 9.53. The van der Waals surface area contributed by atoms with Crippen molar-refractivity contribution < 1.29 is 23.1 Å². The van der Waals surface area contributed by atoms with E-state index in [0.717, 1.165) is 30.5 Å². The Labute approximate surface area is 170 Å². The minimum Gasteiger partial charge on any atom is -0.494 e. The highest BCUT2D eigenvalue weighted by atomic mass is 19.4. The normalized spacial score (nSPS) is 14.9. The number of rotatable bonds is 4. The first-order valence-electron chi connectivity index (χ1n) is 9.53. The van der Waals surface area contributed by atoms with Crippen molar-refractivity contribution in [1.82, 2.24) is 9.99 Å². The molecule has 156 valence electrons. The van der Waals surface area contributed by atoms with Gasteiger partial charge in [-0.15, -0.1) is 0 Å². The molecular formula is C22H20F3N3O2. The van der Waals surface area contributed by atoms with E-state index in [9.17, 15) is 23.1 Å². The number of amides is 1. The summed E-state index contributed by atoms with van der Waals surface area (Å²) < 4.78 is 41.3. The third-order valence-electron chi connectivity index (χ3n) is 5.21. The van der Waals surface area contributed by atoms with Gasteiger partial charge in [-0.1, -0.05) is 23.8 Å². The molecule has 0 radical (unpaired) electrons. The topological polar surface area (TPSA) is 66.6 Å². The lowest BCUT2D eigenvalue weighted by atomic mass is 10.1. The molecule has 30 heavy (non-hydrogen) atoms. The molecule has 0 unspecified atom stereocenters. The number of carbonyl (C=O) groups excluding carboxylic acids is 1. The summed E-state index contributed by atoms with van der Waals surface area (Å²) in [5, 5.41) is 15.5. The number of nitrogens with one attached hydrogen (secondary N) is 1. The van der Waals surface area contributed by atoms with E-state index in [1.54, 1.807) is 19.1 Å². The number of aromatic nitrogens is 1. The van der Waals surface area contributed by atoms with Gasteiger partial charge in [-0.05, 0) is 51.0 Å². The summed E-state index contributed by atoms with van der Waals surface area (Å²) in [6.07, 6.45) is -2.88. The van der Waals surface area contributed by atoms with Crippen molar-refractivity contribution in [3.63, 3.8) is 0 Å². The molecule has 1 saturated carbocycles. The summed E-state index contributed by atoms with van der Waals surface area (Å²) in [5.74, 6) is -0.482. The van der Waals surface area contributed by atoms with Gasteiger partial charge in [-0.3, -0.25) is 9.36 Å². The number of aryl methyl sites for hydroxylation is 1. The quantitative estimate of drug-likeness (QED) is 0.470.